The molecule has 2 aliphatic carbocycles. The first-order valence-corrected chi connectivity index (χ1v) is 8.50. The van der Waals surface area contributed by atoms with Gasteiger partial charge in [-0.1, -0.05) is 30.3 Å². The molecule has 3 rings (SSSR count). The van der Waals surface area contributed by atoms with Gasteiger partial charge in [0.05, 0.1) is 6.10 Å². The smallest absolute Gasteiger partial charge is 0.407 e. The van der Waals surface area contributed by atoms with E-state index in [2.05, 4.69) is 10.6 Å². The molecular formula is C18H26N2O3. The number of methoxy groups -OCH3 is 1. The van der Waals surface area contributed by atoms with Crippen LogP contribution in [-0.4, -0.2) is 37.4 Å². The van der Waals surface area contributed by atoms with Gasteiger partial charge in [0.1, 0.15) is 6.61 Å². The average molecular weight is 318 g/mol. The van der Waals surface area contributed by atoms with Gasteiger partial charge < -0.3 is 20.1 Å². The zero-order valence-electron chi connectivity index (χ0n) is 13.7. The molecular weight excluding hydrogens is 292 g/mol. The lowest BCUT2D eigenvalue weighted by atomic mass is 9.86. The number of nitrogens with one attached hydrogen (secondary N) is 2. The van der Waals surface area contributed by atoms with Crippen LogP contribution < -0.4 is 10.6 Å². The summed E-state index contributed by atoms with van der Waals surface area (Å²) in [5, 5.41) is 6.59. The van der Waals surface area contributed by atoms with Crippen LogP contribution in [0.15, 0.2) is 30.3 Å². The van der Waals surface area contributed by atoms with Crippen LogP contribution in [0.1, 0.15) is 37.7 Å². The third-order valence-corrected chi connectivity index (χ3v) is 4.88. The first-order valence-electron chi connectivity index (χ1n) is 8.50. The number of alkyl carbamates (subject to hydrolysis) is 1. The third-order valence-electron chi connectivity index (χ3n) is 4.88. The lowest BCUT2D eigenvalue weighted by Gasteiger charge is -2.38. The van der Waals surface area contributed by atoms with Crippen molar-refractivity contribution >= 4 is 6.09 Å². The molecule has 5 heteroatoms. The van der Waals surface area contributed by atoms with Crippen molar-refractivity contribution in [3.63, 3.8) is 0 Å². The van der Waals surface area contributed by atoms with E-state index in [1.54, 1.807) is 7.11 Å². The Morgan fingerprint density at radius 2 is 1.96 bits per heavy atom. The Morgan fingerprint density at radius 1 is 1.17 bits per heavy atom. The summed E-state index contributed by atoms with van der Waals surface area (Å²) in [5.41, 5.74) is 1.00. The van der Waals surface area contributed by atoms with E-state index in [4.69, 9.17) is 9.47 Å². The van der Waals surface area contributed by atoms with Gasteiger partial charge in [0, 0.05) is 25.2 Å². The quantitative estimate of drug-likeness (QED) is 0.846. The fraction of sp³-hybridized carbons (Fsp3) is 0.611. The fourth-order valence-corrected chi connectivity index (χ4v) is 3.50. The molecule has 0 aliphatic heterocycles. The zero-order chi connectivity index (χ0) is 16.1. The molecule has 0 spiro atoms. The van der Waals surface area contributed by atoms with E-state index in [1.165, 1.54) is 12.8 Å². The van der Waals surface area contributed by atoms with Crippen molar-refractivity contribution in [2.75, 3.05) is 7.11 Å². The molecule has 0 radical (unpaired) electrons. The number of carbonyl (C=O) groups is 1. The van der Waals surface area contributed by atoms with E-state index in [9.17, 15) is 4.79 Å². The van der Waals surface area contributed by atoms with Gasteiger partial charge in [-0.05, 0) is 37.7 Å². The molecule has 2 N–H and O–H groups in total. The molecule has 1 amide bonds. The molecule has 0 saturated heterocycles. The standard InChI is InChI=1S/C18H26N2O3/c1-22-17-9-5-8-16(17)19-14-10-15(11-14)20-18(21)23-12-13-6-3-2-4-7-13/h2-4,6-7,14-17,19H,5,8-12H2,1H3,(H,20,21). The molecule has 2 atom stereocenters. The van der Waals surface area contributed by atoms with E-state index in [0.717, 1.165) is 24.8 Å². The first-order chi connectivity index (χ1) is 11.2. The van der Waals surface area contributed by atoms with Gasteiger partial charge in [0.15, 0.2) is 0 Å². The first kappa shape index (κ1) is 16.3. The summed E-state index contributed by atoms with van der Waals surface area (Å²) in [6, 6.07) is 10.9. The number of hydrogen-bond donors (Lipinski definition) is 2. The number of rotatable bonds is 6. The minimum atomic E-state index is -0.326. The Morgan fingerprint density at radius 3 is 2.70 bits per heavy atom. The lowest BCUT2D eigenvalue weighted by Crippen LogP contribution is -2.56. The normalized spacial score (nSPS) is 29.8. The molecule has 2 fully saturated rings. The van der Waals surface area contributed by atoms with Gasteiger partial charge >= 0.3 is 6.09 Å². The summed E-state index contributed by atoms with van der Waals surface area (Å²) in [7, 11) is 1.79. The van der Waals surface area contributed by atoms with Crippen LogP contribution in [0.4, 0.5) is 4.79 Å². The monoisotopic (exact) mass is 318 g/mol. The van der Waals surface area contributed by atoms with Crippen molar-refractivity contribution < 1.29 is 14.3 Å². The summed E-state index contributed by atoms with van der Waals surface area (Å²) in [5.74, 6) is 0. The molecule has 0 heterocycles. The SMILES string of the molecule is COC1CCCC1NC1CC(NC(=O)OCc2ccccc2)C1. The third kappa shape index (κ3) is 4.45. The van der Waals surface area contributed by atoms with E-state index >= 15 is 0 Å². The molecule has 0 aromatic heterocycles. The molecule has 1 aromatic carbocycles. The summed E-state index contributed by atoms with van der Waals surface area (Å²) < 4.78 is 10.8. The Hall–Kier alpha value is -1.59. The van der Waals surface area contributed by atoms with Crippen molar-refractivity contribution in [3.05, 3.63) is 35.9 Å². The predicted molar refractivity (Wildman–Crippen MR) is 88.1 cm³/mol. The van der Waals surface area contributed by atoms with Gasteiger partial charge in [-0.2, -0.15) is 0 Å². The number of benzene rings is 1. The highest BCUT2D eigenvalue weighted by Gasteiger charge is 2.35. The van der Waals surface area contributed by atoms with Gasteiger partial charge in [0.25, 0.3) is 0 Å². The molecule has 5 nitrogen and oxygen atoms in total. The van der Waals surface area contributed by atoms with Crippen LogP contribution in [0, 0.1) is 0 Å². The van der Waals surface area contributed by atoms with E-state index in [-0.39, 0.29) is 12.1 Å². The maximum absolute atomic E-state index is 11.8. The molecule has 2 saturated carbocycles. The Balaban J connectivity index is 1.31. The molecule has 0 bridgehead atoms. The highest BCUT2D eigenvalue weighted by atomic mass is 16.5. The van der Waals surface area contributed by atoms with Gasteiger partial charge in [-0.25, -0.2) is 4.79 Å². The van der Waals surface area contributed by atoms with Crippen LogP contribution in [0.3, 0.4) is 0 Å². The second-order valence-corrected chi connectivity index (χ2v) is 6.55. The van der Waals surface area contributed by atoms with Crippen molar-refractivity contribution in [1.82, 2.24) is 10.6 Å². The van der Waals surface area contributed by atoms with Crippen molar-refractivity contribution in [2.45, 2.75) is 62.9 Å². The van der Waals surface area contributed by atoms with Crippen molar-refractivity contribution in [2.24, 2.45) is 0 Å². The maximum atomic E-state index is 11.8. The van der Waals surface area contributed by atoms with E-state index < -0.39 is 0 Å². The second kappa shape index (κ2) is 7.79. The summed E-state index contributed by atoms with van der Waals surface area (Å²) in [4.78, 5) is 11.8. The number of hydrogen-bond acceptors (Lipinski definition) is 4. The highest BCUT2D eigenvalue weighted by Crippen LogP contribution is 2.26. The summed E-state index contributed by atoms with van der Waals surface area (Å²) in [6.07, 6.45) is 5.52. The van der Waals surface area contributed by atoms with Crippen LogP contribution in [0.5, 0.6) is 0 Å². The average Bonchev–Trinajstić information content (AvgIpc) is 2.99. The lowest BCUT2D eigenvalue weighted by molar-refractivity contribution is 0.0720. The second-order valence-electron chi connectivity index (χ2n) is 6.55. The largest absolute Gasteiger partial charge is 0.445 e. The van der Waals surface area contributed by atoms with Crippen molar-refractivity contribution in [1.29, 1.82) is 0 Å². The molecule has 2 unspecified atom stereocenters. The minimum absolute atomic E-state index is 0.221. The topological polar surface area (TPSA) is 59.6 Å². The van der Waals surface area contributed by atoms with Crippen LogP contribution >= 0.6 is 0 Å². The highest BCUT2D eigenvalue weighted by molar-refractivity contribution is 5.67. The van der Waals surface area contributed by atoms with Crippen LogP contribution in [-0.2, 0) is 16.1 Å². The summed E-state index contributed by atoms with van der Waals surface area (Å²) in [6.45, 7) is 0.318. The fourth-order valence-electron chi connectivity index (χ4n) is 3.50. The van der Waals surface area contributed by atoms with Crippen LogP contribution in [0.2, 0.25) is 0 Å². The molecule has 126 valence electrons. The Kier molecular flexibility index (Phi) is 5.51. The molecule has 2 aliphatic rings. The molecule has 1 aromatic rings. The Bertz CT molecular complexity index is 502. The van der Waals surface area contributed by atoms with E-state index in [1.807, 2.05) is 30.3 Å². The van der Waals surface area contributed by atoms with Crippen LogP contribution in [0.25, 0.3) is 0 Å². The maximum Gasteiger partial charge on any atom is 0.407 e. The van der Waals surface area contributed by atoms with E-state index in [0.29, 0.717) is 24.8 Å². The van der Waals surface area contributed by atoms with Crippen molar-refractivity contribution in [3.8, 4) is 0 Å². The van der Waals surface area contributed by atoms with Gasteiger partial charge in [0.2, 0.25) is 0 Å². The number of amides is 1. The molecule has 23 heavy (non-hydrogen) atoms. The zero-order valence-corrected chi connectivity index (χ0v) is 13.7. The summed E-state index contributed by atoms with van der Waals surface area (Å²) >= 11 is 0. The number of carbonyl (C=O) groups excluding carboxylic acids is 1. The predicted octanol–water partition coefficient (Wildman–Crippen LogP) is 2.60. The Labute approximate surface area is 137 Å². The van der Waals surface area contributed by atoms with Gasteiger partial charge in [-0.3, -0.25) is 0 Å². The minimum Gasteiger partial charge on any atom is -0.445 e. The number of ether oxygens (including phenoxy) is 2. The van der Waals surface area contributed by atoms with Gasteiger partial charge in [-0.15, -0.1) is 0 Å².